The smallest absolute Gasteiger partial charge is 0.275 e. The van der Waals surface area contributed by atoms with Crippen LogP contribution in [0.2, 0.25) is 0 Å². The van der Waals surface area contributed by atoms with E-state index in [9.17, 15) is 9.59 Å². The molecule has 0 spiro atoms. The van der Waals surface area contributed by atoms with Crippen LogP contribution in [0.15, 0.2) is 78.0 Å². The molecule has 0 radical (unpaired) electrons. The lowest BCUT2D eigenvalue weighted by molar-refractivity contribution is 0.0303. The van der Waals surface area contributed by atoms with Crippen LogP contribution >= 0.6 is 11.3 Å². The molecule has 0 aliphatic carbocycles. The Kier molecular flexibility index (Phi) is 6.51. The molecule has 0 bridgehead atoms. The third-order valence-corrected chi connectivity index (χ3v) is 6.73. The van der Waals surface area contributed by atoms with Crippen molar-refractivity contribution in [1.82, 2.24) is 24.3 Å². The number of carbonyl (C=O) groups is 2. The Labute approximate surface area is 222 Å². The van der Waals surface area contributed by atoms with Crippen LogP contribution in [0.4, 0.5) is 17.2 Å². The van der Waals surface area contributed by atoms with E-state index >= 15 is 0 Å². The van der Waals surface area contributed by atoms with Gasteiger partial charge in [0.25, 0.3) is 11.8 Å². The number of imidazole rings is 1. The maximum Gasteiger partial charge on any atom is 0.275 e. The Hall–Kier alpha value is -4.61. The molecule has 38 heavy (non-hydrogen) atoms. The molecule has 2 N–H and O–H groups in total. The molecule has 1 aliphatic rings. The minimum Gasteiger partial charge on any atom is -0.378 e. The van der Waals surface area contributed by atoms with E-state index in [2.05, 4.69) is 20.6 Å². The molecule has 1 saturated heterocycles. The summed E-state index contributed by atoms with van der Waals surface area (Å²) in [5.74, 6) is 0.299. The molecular formula is C27H23N7O3S. The highest BCUT2D eigenvalue weighted by molar-refractivity contribution is 7.07. The van der Waals surface area contributed by atoms with E-state index in [-0.39, 0.29) is 11.8 Å². The van der Waals surface area contributed by atoms with E-state index in [1.54, 1.807) is 34.1 Å². The lowest BCUT2D eigenvalue weighted by Crippen LogP contribution is -2.40. The standard InChI is InChI=1S/C27H23N7O3S/c35-26(23-16-38-17-29-23)31-21-3-1-2-19(14-21)22-15-34-9-8-28-25(34)24(32-22)30-20-6-4-18(5-7-20)27(36)33-10-12-37-13-11-33/h1-9,14-17H,10-13H2,(H,30,32)(H,31,35). The number of benzene rings is 2. The lowest BCUT2D eigenvalue weighted by Gasteiger charge is -2.26. The van der Waals surface area contributed by atoms with Gasteiger partial charge in [0.1, 0.15) is 5.69 Å². The Morgan fingerprint density at radius 1 is 1.00 bits per heavy atom. The summed E-state index contributed by atoms with van der Waals surface area (Å²) in [4.78, 5) is 40.4. The van der Waals surface area contributed by atoms with Crippen molar-refractivity contribution in [3.63, 3.8) is 0 Å². The van der Waals surface area contributed by atoms with Crippen molar-refractivity contribution in [2.24, 2.45) is 0 Å². The number of aromatic nitrogens is 4. The normalized spacial score (nSPS) is 13.4. The van der Waals surface area contributed by atoms with Crippen molar-refractivity contribution in [3.05, 3.63) is 89.3 Å². The van der Waals surface area contributed by atoms with E-state index in [1.807, 2.05) is 53.2 Å². The van der Waals surface area contributed by atoms with Crippen LogP contribution in [-0.4, -0.2) is 62.4 Å². The van der Waals surface area contributed by atoms with Crippen LogP contribution < -0.4 is 10.6 Å². The first kappa shape index (κ1) is 23.8. The zero-order chi connectivity index (χ0) is 25.9. The molecule has 5 aromatic rings. The summed E-state index contributed by atoms with van der Waals surface area (Å²) in [5.41, 5.74) is 6.23. The topological polar surface area (TPSA) is 114 Å². The summed E-state index contributed by atoms with van der Waals surface area (Å²) < 4.78 is 7.23. The molecule has 0 atom stereocenters. The van der Waals surface area contributed by atoms with Gasteiger partial charge in [0.05, 0.1) is 24.4 Å². The van der Waals surface area contributed by atoms with Gasteiger partial charge in [-0.05, 0) is 36.4 Å². The first-order valence-electron chi connectivity index (χ1n) is 12.0. The van der Waals surface area contributed by atoms with Crippen molar-refractivity contribution >= 4 is 46.0 Å². The van der Waals surface area contributed by atoms with Gasteiger partial charge in [-0.3, -0.25) is 9.59 Å². The monoisotopic (exact) mass is 525 g/mol. The number of anilines is 3. The predicted octanol–water partition coefficient (Wildman–Crippen LogP) is 4.32. The Balaban J connectivity index is 1.24. The average Bonchev–Trinajstić information content (AvgIpc) is 3.67. The second-order valence-electron chi connectivity index (χ2n) is 8.65. The first-order chi connectivity index (χ1) is 18.6. The van der Waals surface area contributed by atoms with Crippen LogP contribution in [0.25, 0.3) is 16.9 Å². The van der Waals surface area contributed by atoms with Crippen molar-refractivity contribution in [3.8, 4) is 11.3 Å². The fraction of sp³-hybridized carbons (Fsp3) is 0.148. The van der Waals surface area contributed by atoms with Gasteiger partial charge in [-0.25, -0.2) is 15.0 Å². The molecule has 2 amide bonds. The second kappa shape index (κ2) is 10.4. The Bertz CT molecular complexity index is 1590. The summed E-state index contributed by atoms with van der Waals surface area (Å²) in [7, 11) is 0. The van der Waals surface area contributed by atoms with E-state index in [1.165, 1.54) is 11.3 Å². The highest BCUT2D eigenvalue weighted by Crippen LogP contribution is 2.27. The Morgan fingerprint density at radius 3 is 2.63 bits per heavy atom. The molecule has 11 heteroatoms. The SMILES string of the molecule is O=C(Nc1cccc(-c2cn3ccnc3c(Nc3ccc(C(=O)N4CCOCC4)cc3)n2)c1)c1cscn1. The first-order valence-corrected chi connectivity index (χ1v) is 13.0. The average molecular weight is 526 g/mol. The van der Waals surface area contributed by atoms with Gasteiger partial charge < -0.3 is 24.7 Å². The number of fused-ring (bicyclic) bond motifs is 1. The summed E-state index contributed by atoms with van der Waals surface area (Å²) in [6.45, 7) is 2.33. The van der Waals surface area contributed by atoms with Crippen molar-refractivity contribution in [2.45, 2.75) is 0 Å². The van der Waals surface area contributed by atoms with Gasteiger partial charge in [-0.2, -0.15) is 0 Å². The van der Waals surface area contributed by atoms with Crippen LogP contribution in [0, 0.1) is 0 Å². The summed E-state index contributed by atoms with van der Waals surface area (Å²) in [6.07, 6.45) is 5.45. The Morgan fingerprint density at radius 2 is 1.84 bits per heavy atom. The van der Waals surface area contributed by atoms with Gasteiger partial charge in [0.2, 0.25) is 0 Å². The van der Waals surface area contributed by atoms with E-state index in [0.29, 0.717) is 60.4 Å². The van der Waals surface area contributed by atoms with Crippen molar-refractivity contribution < 1.29 is 14.3 Å². The van der Waals surface area contributed by atoms with Gasteiger partial charge in [0.15, 0.2) is 11.5 Å². The third-order valence-electron chi connectivity index (χ3n) is 6.15. The highest BCUT2D eigenvalue weighted by atomic mass is 32.1. The van der Waals surface area contributed by atoms with Crippen LogP contribution in [-0.2, 0) is 4.74 Å². The predicted molar refractivity (Wildman–Crippen MR) is 145 cm³/mol. The molecule has 0 unspecified atom stereocenters. The van der Waals surface area contributed by atoms with Gasteiger partial charge in [0, 0.05) is 59.6 Å². The minimum atomic E-state index is -0.265. The number of morpholine rings is 1. The third kappa shape index (κ3) is 4.97. The number of amides is 2. The number of rotatable bonds is 6. The number of nitrogens with one attached hydrogen (secondary N) is 2. The summed E-state index contributed by atoms with van der Waals surface area (Å²) in [6, 6.07) is 14.8. The molecular weight excluding hydrogens is 502 g/mol. The molecule has 10 nitrogen and oxygen atoms in total. The van der Waals surface area contributed by atoms with Gasteiger partial charge >= 0.3 is 0 Å². The zero-order valence-electron chi connectivity index (χ0n) is 20.2. The van der Waals surface area contributed by atoms with Crippen LogP contribution in [0.5, 0.6) is 0 Å². The molecule has 6 rings (SSSR count). The number of carbonyl (C=O) groups excluding carboxylic acids is 2. The van der Waals surface area contributed by atoms with Crippen molar-refractivity contribution in [1.29, 1.82) is 0 Å². The maximum atomic E-state index is 12.8. The van der Waals surface area contributed by atoms with Crippen molar-refractivity contribution in [2.75, 3.05) is 36.9 Å². The number of hydrogen-bond donors (Lipinski definition) is 2. The fourth-order valence-corrected chi connectivity index (χ4v) is 4.74. The van der Waals surface area contributed by atoms with Crippen LogP contribution in [0.1, 0.15) is 20.8 Å². The molecule has 1 aliphatic heterocycles. The molecule has 4 heterocycles. The van der Waals surface area contributed by atoms with E-state index in [4.69, 9.17) is 9.72 Å². The molecule has 3 aromatic heterocycles. The number of nitrogens with zero attached hydrogens (tertiary/aromatic N) is 5. The molecule has 0 saturated carbocycles. The van der Waals surface area contributed by atoms with Gasteiger partial charge in [-0.15, -0.1) is 11.3 Å². The second-order valence-corrected chi connectivity index (χ2v) is 9.37. The van der Waals surface area contributed by atoms with Gasteiger partial charge in [-0.1, -0.05) is 12.1 Å². The molecule has 2 aromatic carbocycles. The number of ether oxygens (including phenoxy) is 1. The summed E-state index contributed by atoms with van der Waals surface area (Å²) in [5, 5.41) is 7.93. The fourth-order valence-electron chi connectivity index (χ4n) is 4.21. The van der Waals surface area contributed by atoms with Crippen LogP contribution in [0.3, 0.4) is 0 Å². The lowest BCUT2D eigenvalue weighted by atomic mass is 10.1. The largest absolute Gasteiger partial charge is 0.378 e. The van der Waals surface area contributed by atoms with E-state index in [0.717, 1.165) is 11.3 Å². The van der Waals surface area contributed by atoms with E-state index < -0.39 is 0 Å². The molecule has 190 valence electrons. The zero-order valence-corrected chi connectivity index (χ0v) is 21.0. The summed E-state index contributed by atoms with van der Waals surface area (Å²) >= 11 is 1.37. The maximum absolute atomic E-state index is 12.8. The number of thiazole rings is 1. The molecule has 1 fully saturated rings. The number of hydrogen-bond acceptors (Lipinski definition) is 8. The minimum absolute atomic E-state index is 0.00243. The highest BCUT2D eigenvalue weighted by Gasteiger charge is 2.18. The quantitative estimate of drug-likeness (QED) is 0.339.